The fourth-order valence-electron chi connectivity index (χ4n) is 2.31. The summed E-state index contributed by atoms with van der Waals surface area (Å²) < 4.78 is 4.98. The van der Waals surface area contributed by atoms with Gasteiger partial charge in [-0.3, -0.25) is 0 Å². The number of carboxylic acids is 2. The van der Waals surface area contributed by atoms with Crippen molar-refractivity contribution in [3.05, 3.63) is 78.0 Å². The van der Waals surface area contributed by atoms with Gasteiger partial charge in [-0.1, -0.05) is 30.3 Å². The number of methoxy groups -OCH3 is 1. The first-order valence-corrected chi connectivity index (χ1v) is 8.02. The minimum Gasteiger partial charge on any atom is -0.497 e. The van der Waals surface area contributed by atoms with Gasteiger partial charge in [-0.2, -0.15) is 0 Å². The Kier molecular flexibility index (Phi) is 6.96. The lowest BCUT2D eigenvalue weighted by molar-refractivity contribution is -0.132. The van der Waals surface area contributed by atoms with Gasteiger partial charge in [0.15, 0.2) is 0 Å². The molecular weight excluding hydrogens is 346 g/mol. The fourth-order valence-corrected chi connectivity index (χ4v) is 2.31. The summed E-state index contributed by atoms with van der Waals surface area (Å²) in [6.07, 6.45) is 7.13. The summed E-state index contributed by atoms with van der Waals surface area (Å²) >= 11 is 0. The molecule has 1 heterocycles. The molecular formula is C21H19NO5. The summed E-state index contributed by atoms with van der Waals surface area (Å²) in [4.78, 5) is 23.6. The Balaban J connectivity index is 0.000000194. The Morgan fingerprint density at radius 2 is 1.67 bits per heavy atom. The Bertz CT molecular complexity index is 985. The van der Waals surface area contributed by atoms with Gasteiger partial charge in [0.2, 0.25) is 0 Å². The molecule has 27 heavy (non-hydrogen) atoms. The topological polar surface area (TPSA) is 99.6 Å². The van der Waals surface area contributed by atoms with Crippen LogP contribution in [0.4, 0.5) is 0 Å². The summed E-state index contributed by atoms with van der Waals surface area (Å²) in [5, 5.41) is 17.9. The number of aromatic amines is 1. The van der Waals surface area contributed by atoms with Crippen molar-refractivity contribution in [2.75, 3.05) is 7.11 Å². The van der Waals surface area contributed by atoms with Gasteiger partial charge in [-0.25, -0.2) is 9.59 Å². The smallest absolute Gasteiger partial charge is 0.328 e. The van der Waals surface area contributed by atoms with Crippen LogP contribution in [0.15, 0.2) is 66.9 Å². The van der Waals surface area contributed by atoms with Crippen LogP contribution in [-0.2, 0) is 9.59 Å². The Morgan fingerprint density at radius 3 is 2.37 bits per heavy atom. The first kappa shape index (κ1) is 19.5. The number of para-hydroxylation sites is 1. The molecule has 3 N–H and O–H groups in total. The second-order valence-corrected chi connectivity index (χ2v) is 5.41. The van der Waals surface area contributed by atoms with Crippen molar-refractivity contribution in [3.8, 4) is 5.75 Å². The highest BCUT2D eigenvalue weighted by Crippen LogP contribution is 2.18. The number of aliphatic carboxylic acids is 2. The van der Waals surface area contributed by atoms with E-state index >= 15 is 0 Å². The lowest BCUT2D eigenvalue weighted by atomic mass is 10.1. The zero-order valence-corrected chi connectivity index (χ0v) is 14.6. The molecule has 0 atom stereocenters. The standard InChI is InChI=1S/C11H9NO2.C10H10O3/c13-11(14)6-5-8-7-12-10-4-2-1-3-9(8)10;1-13-9-4-2-3-8(7-9)5-6-10(11)12/h1-7,12H,(H,13,14);2-7H,1H3,(H,11,12). The van der Waals surface area contributed by atoms with E-state index in [2.05, 4.69) is 4.98 Å². The van der Waals surface area contributed by atoms with Crippen molar-refractivity contribution < 1.29 is 24.5 Å². The van der Waals surface area contributed by atoms with Gasteiger partial charge in [0.25, 0.3) is 0 Å². The van der Waals surface area contributed by atoms with Crippen molar-refractivity contribution in [2.24, 2.45) is 0 Å². The molecule has 3 aromatic rings. The molecule has 0 radical (unpaired) electrons. The molecule has 0 aliphatic rings. The van der Waals surface area contributed by atoms with Crippen LogP contribution in [0.5, 0.6) is 5.75 Å². The van der Waals surface area contributed by atoms with Gasteiger partial charge >= 0.3 is 11.9 Å². The summed E-state index contributed by atoms with van der Waals surface area (Å²) in [6.45, 7) is 0. The number of hydrogen-bond acceptors (Lipinski definition) is 3. The molecule has 0 saturated carbocycles. The molecule has 3 rings (SSSR count). The predicted molar refractivity (Wildman–Crippen MR) is 105 cm³/mol. The van der Waals surface area contributed by atoms with E-state index in [0.717, 1.165) is 34.2 Å². The van der Waals surface area contributed by atoms with E-state index in [9.17, 15) is 9.59 Å². The van der Waals surface area contributed by atoms with Crippen LogP contribution in [0.25, 0.3) is 23.1 Å². The van der Waals surface area contributed by atoms with E-state index < -0.39 is 11.9 Å². The summed E-state index contributed by atoms with van der Waals surface area (Å²) in [7, 11) is 1.57. The van der Waals surface area contributed by atoms with E-state index in [4.69, 9.17) is 14.9 Å². The lowest BCUT2D eigenvalue weighted by Crippen LogP contribution is -1.86. The Hall–Kier alpha value is -3.80. The molecule has 6 nitrogen and oxygen atoms in total. The number of rotatable bonds is 5. The quantitative estimate of drug-likeness (QED) is 0.592. The normalized spacial score (nSPS) is 10.7. The predicted octanol–water partition coefficient (Wildman–Crippen LogP) is 4.06. The van der Waals surface area contributed by atoms with Crippen molar-refractivity contribution >= 4 is 35.0 Å². The van der Waals surface area contributed by atoms with Crippen molar-refractivity contribution in [3.63, 3.8) is 0 Å². The monoisotopic (exact) mass is 365 g/mol. The van der Waals surface area contributed by atoms with Gasteiger partial charge in [-0.05, 0) is 41.5 Å². The van der Waals surface area contributed by atoms with Crippen molar-refractivity contribution in [2.45, 2.75) is 0 Å². The molecule has 0 amide bonds. The maximum Gasteiger partial charge on any atom is 0.328 e. The number of aromatic nitrogens is 1. The summed E-state index contributed by atoms with van der Waals surface area (Å²) in [5.41, 5.74) is 2.71. The lowest BCUT2D eigenvalue weighted by Gasteiger charge is -1.99. The maximum atomic E-state index is 10.3. The van der Waals surface area contributed by atoms with E-state index in [1.807, 2.05) is 30.3 Å². The molecule has 0 aliphatic heterocycles. The molecule has 1 aromatic heterocycles. The zero-order chi connectivity index (χ0) is 19.6. The van der Waals surface area contributed by atoms with Crippen molar-refractivity contribution in [1.29, 1.82) is 0 Å². The van der Waals surface area contributed by atoms with Crippen LogP contribution >= 0.6 is 0 Å². The van der Waals surface area contributed by atoms with Crippen LogP contribution < -0.4 is 4.74 Å². The third-order valence-corrected chi connectivity index (χ3v) is 3.54. The van der Waals surface area contributed by atoms with E-state index in [1.165, 1.54) is 6.08 Å². The van der Waals surface area contributed by atoms with Gasteiger partial charge in [0, 0.05) is 29.3 Å². The molecule has 138 valence electrons. The molecule has 6 heteroatoms. The number of nitrogens with one attached hydrogen (secondary N) is 1. The largest absolute Gasteiger partial charge is 0.497 e. The second-order valence-electron chi connectivity index (χ2n) is 5.41. The average Bonchev–Trinajstić information content (AvgIpc) is 3.08. The Labute approximate surface area is 156 Å². The highest BCUT2D eigenvalue weighted by Gasteiger charge is 1.99. The van der Waals surface area contributed by atoms with E-state index in [-0.39, 0.29) is 0 Å². The van der Waals surface area contributed by atoms with Gasteiger partial charge in [0.05, 0.1) is 7.11 Å². The highest BCUT2D eigenvalue weighted by atomic mass is 16.5. The van der Waals surface area contributed by atoms with Gasteiger partial charge in [-0.15, -0.1) is 0 Å². The third-order valence-electron chi connectivity index (χ3n) is 3.54. The van der Waals surface area contributed by atoms with E-state index in [0.29, 0.717) is 5.75 Å². The molecule has 0 spiro atoms. The fraction of sp³-hybridized carbons (Fsp3) is 0.0476. The number of hydrogen-bond donors (Lipinski definition) is 3. The molecule has 2 aromatic carbocycles. The minimum atomic E-state index is -0.956. The second kappa shape index (κ2) is 9.62. The Morgan fingerprint density at radius 1 is 0.963 bits per heavy atom. The minimum absolute atomic E-state index is 0.715. The van der Waals surface area contributed by atoms with Crippen LogP contribution in [0, 0.1) is 0 Å². The van der Waals surface area contributed by atoms with Crippen LogP contribution in [0.1, 0.15) is 11.1 Å². The van der Waals surface area contributed by atoms with Crippen molar-refractivity contribution in [1.82, 2.24) is 4.98 Å². The number of H-pyrrole nitrogens is 1. The molecule has 0 unspecified atom stereocenters. The summed E-state index contributed by atoms with van der Waals surface area (Å²) in [5.74, 6) is -1.18. The SMILES string of the molecule is COc1cccc(C=CC(=O)O)c1.O=C(O)C=Cc1c[nH]c2ccccc12. The number of carbonyl (C=O) groups is 2. The number of carboxylic acid groups (broad SMARTS) is 2. The van der Waals surface area contributed by atoms with Gasteiger partial charge in [0.1, 0.15) is 5.75 Å². The van der Waals surface area contributed by atoms with Crippen LogP contribution in [0.2, 0.25) is 0 Å². The number of benzene rings is 2. The first-order chi connectivity index (χ1) is 13.0. The van der Waals surface area contributed by atoms with E-state index in [1.54, 1.807) is 37.6 Å². The zero-order valence-electron chi connectivity index (χ0n) is 14.6. The molecule has 0 fully saturated rings. The van der Waals surface area contributed by atoms with Crippen LogP contribution in [-0.4, -0.2) is 34.2 Å². The number of ether oxygens (including phenoxy) is 1. The maximum absolute atomic E-state index is 10.3. The summed E-state index contributed by atoms with van der Waals surface area (Å²) in [6, 6.07) is 14.9. The van der Waals surface area contributed by atoms with Gasteiger partial charge < -0.3 is 19.9 Å². The molecule has 0 aliphatic carbocycles. The molecule has 0 saturated heterocycles. The first-order valence-electron chi connectivity index (χ1n) is 8.02. The average molecular weight is 365 g/mol. The third kappa shape index (κ3) is 6.21. The highest BCUT2D eigenvalue weighted by molar-refractivity contribution is 5.93. The molecule has 0 bridgehead atoms. The van der Waals surface area contributed by atoms with Crippen LogP contribution in [0.3, 0.4) is 0 Å². The number of fused-ring (bicyclic) bond motifs is 1.